The van der Waals surface area contributed by atoms with Crippen molar-refractivity contribution in [1.29, 1.82) is 0 Å². The number of allylic oxidation sites excluding steroid dienone is 3. The molecule has 86 valence electrons. The van der Waals surface area contributed by atoms with Crippen molar-refractivity contribution in [3.63, 3.8) is 0 Å². The smallest absolute Gasteiger partial charge is 0.0594 e. The van der Waals surface area contributed by atoms with Gasteiger partial charge in [0.15, 0.2) is 0 Å². The highest BCUT2D eigenvalue weighted by Crippen LogP contribution is 2.04. The summed E-state index contributed by atoms with van der Waals surface area (Å²) < 4.78 is 5.32. The van der Waals surface area contributed by atoms with Crippen molar-refractivity contribution in [3.8, 4) is 0 Å². The summed E-state index contributed by atoms with van der Waals surface area (Å²) in [5.74, 6) is 0. The van der Waals surface area contributed by atoms with Crippen LogP contribution in [0.5, 0.6) is 0 Å². The van der Waals surface area contributed by atoms with E-state index in [0.29, 0.717) is 0 Å². The van der Waals surface area contributed by atoms with E-state index < -0.39 is 0 Å². The molecule has 0 saturated carbocycles. The summed E-state index contributed by atoms with van der Waals surface area (Å²) in [7, 11) is 0. The van der Waals surface area contributed by atoms with Crippen LogP contribution in [-0.2, 0) is 4.74 Å². The molecular weight excluding hydrogens is 186 g/mol. The van der Waals surface area contributed by atoms with Crippen molar-refractivity contribution in [1.82, 2.24) is 4.90 Å². The monoisotopic (exact) mass is 209 g/mol. The quantitative estimate of drug-likeness (QED) is 0.660. The van der Waals surface area contributed by atoms with Gasteiger partial charge >= 0.3 is 0 Å². The molecule has 0 aromatic carbocycles. The Morgan fingerprint density at radius 3 is 2.40 bits per heavy atom. The van der Waals surface area contributed by atoms with Gasteiger partial charge in [0.25, 0.3) is 0 Å². The molecule has 1 fully saturated rings. The molecule has 0 bridgehead atoms. The van der Waals surface area contributed by atoms with Crippen molar-refractivity contribution in [2.45, 2.75) is 27.2 Å². The minimum absolute atomic E-state index is 0.890. The van der Waals surface area contributed by atoms with E-state index >= 15 is 0 Å². The lowest BCUT2D eigenvalue weighted by Crippen LogP contribution is -2.37. The summed E-state index contributed by atoms with van der Waals surface area (Å²) >= 11 is 0. The van der Waals surface area contributed by atoms with Crippen LogP contribution in [0, 0.1) is 0 Å². The number of hydrogen-bond acceptors (Lipinski definition) is 2. The molecule has 1 heterocycles. The topological polar surface area (TPSA) is 12.5 Å². The van der Waals surface area contributed by atoms with Gasteiger partial charge in [-0.3, -0.25) is 4.90 Å². The lowest BCUT2D eigenvalue weighted by atomic mass is 10.2. The molecule has 1 saturated heterocycles. The van der Waals surface area contributed by atoms with E-state index in [2.05, 4.69) is 37.8 Å². The number of nitrogens with zero attached hydrogens (tertiary/aromatic N) is 1. The summed E-state index contributed by atoms with van der Waals surface area (Å²) in [6.07, 6.45) is 5.66. The first-order chi connectivity index (χ1) is 7.18. The first-order valence-corrected chi connectivity index (χ1v) is 5.77. The zero-order valence-electron chi connectivity index (χ0n) is 10.3. The van der Waals surface area contributed by atoms with Crippen molar-refractivity contribution >= 4 is 0 Å². The molecule has 0 spiro atoms. The van der Waals surface area contributed by atoms with Gasteiger partial charge in [0.2, 0.25) is 0 Å². The fourth-order valence-electron chi connectivity index (χ4n) is 1.67. The molecule has 1 aliphatic rings. The maximum Gasteiger partial charge on any atom is 0.0594 e. The largest absolute Gasteiger partial charge is 0.379 e. The molecular formula is C13H23NO. The average Bonchev–Trinajstić information content (AvgIpc) is 2.18. The van der Waals surface area contributed by atoms with Gasteiger partial charge in [0.1, 0.15) is 0 Å². The van der Waals surface area contributed by atoms with E-state index in [-0.39, 0.29) is 0 Å². The van der Waals surface area contributed by atoms with E-state index in [1.807, 2.05) is 0 Å². The molecule has 2 nitrogen and oxygen atoms in total. The first kappa shape index (κ1) is 12.5. The predicted molar refractivity (Wildman–Crippen MR) is 65.1 cm³/mol. The maximum atomic E-state index is 5.32. The second-order valence-corrected chi connectivity index (χ2v) is 4.46. The molecule has 0 unspecified atom stereocenters. The maximum absolute atomic E-state index is 5.32. The lowest BCUT2D eigenvalue weighted by molar-refractivity contribution is 0.0423. The van der Waals surface area contributed by atoms with Crippen LogP contribution in [0.2, 0.25) is 0 Å². The van der Waals surface area contributed by atoms with Crippen LogP contribution in [-0.4, -0.2) is 37.7 Å². The first-order valence-electron chi connectivity index (χ1n) is 5.77. The Morgan fingerprint density at radius 1 is 1.13 bits per heavy atom. The molecule has 0 N–H and O–H groups in total. The zero-order chi connectivity index (χ0) is 11.1. The molecule has 0 atom stereocenters. The SMILES string of the molecule is CC(C)=CC/C=C(\C)CN1CCOCC1. The molecule has 1 aliphatic heterocycles. The van der Waals surface area contributed by atoms with Crippen LogP contribution in [0.15, 0.2) is 23.3 Å². The van der Waals surface area contributed by atoms with Gasteiger partial charge in [-0.2, -0.15) is 0 Å². The van der Waals surface area contributed by atoms with Crippen molar-refractivity contribution < 1.29 is 4.74 Å². The highest BCUT2D eigenvalue weighted by Gasteiger charge is 2.09. The van der Waals surface area contributed by atoms with Crippen LogP contribution >= 0.6 is 0 Å². The fraction of sp³-hybridized carbons (Fsp3) is 0.692. The molecule has 0 amide bonds. The molecule has 0 aromatic heterocycles. The van der Waals surface area contributed by atoms with E-state index in [1.165, 1.54) is 11.1 Å². The third kappa shape index (κ3) is 5.75. The minimum atomic E-state index is 0.890. The van der Waals surface area contributed by atoms with Crippen molar-refractivity contribution in [2.24, 2.45) is 0 Å². The van der Waals surface area contributed by atoms with Gasteiger partial charge in [0, 0.05) is 19.6 Å². The standard InChI is InChI=1S/C13H23NO/c1-12(2)5-4-6-13(3)11-14-7-9-15-10-8-14/h5-6H,4,7-11H2,1-3H3/b13-6+. The summed E-state index contributed by atoms with van der Waals surface area (Å²) in [5.41, 5.74) is 2.86. The predicted octanol–water partition coefficient (Wildman–Crippen LogP) is 2.62. The Labute approximate surface area is 93.6 Å². The second kappa shape index (κ2) is 6.81. The Bertz CT molecular complexity index is 233. The average molecular weight is 209 g/mol. The molecule has 0 radical (unpaired) electrons. The molecule has 0 aromatic rings. The lowest BCUT2D eigenvalue weighted by Gasteiger charge is -2.26. The minimum Gasteiger partial charge on any atom is -0.379 e. The normalized spacial score (nSPS) is 19.0. The van der Waals surface area contributed by atoms with Crippen molar-refractivity contribution in [3.05, 3.63) is 23.3 Å². The van der Waals surface area contributed by atoms with Crippen LogP contribution in [0.4, 0.5) is 0 Å². The van der Waals surface area contributed by atoms with Gasteiger partial charge < -0.3 is 4.74 Å². The van der Waals surface area contributed by atoms with Crippen LogP contribution in [0.25, 0.3) is 0 Å². The highest BCUT2D eigenvalue weighted by molar-refractivity contribution is 5.06. The molecule has 1 rings (SSSR count). The molecule has 2 heteroatoms. The Kier molecular flexibility index (Phi) is 5.66. The van der Waals surface area contributed by atoms with E-state index in [1.54, 1.807) is 0 Å². The third-order valence-electron chi connectivity index (χ3n) is 2.57. The van der Waals surface area contributed by atoms with E-state index in [9.17, 15) is 0 Å². The van der Waals surface area contributed by atoms with E-state index in [4.69, 9.17) is 4.74 Å². The van der Waals surface area contributed by atoms with Gasteiger partial charge in [0.05, 0.1) is 13.2 Å². The summed E-state index contributed by atoms with van der Waals surface area (Å²) in [6, 6.07) is 0. The van der Waals surface area contributed by atoms with Crippen molar-refractivity contribution in [2.75, 3.05) is 32.8 Å². The van der Waals surface area contributed by atoms with Gasteiger partial charge in [-0.15, -0.1) is 0 Å². The van der Waals surface area contributed by atoms with Crippen LogP contribution < -0.4 is 0 Å². The third-order valence-corrected chi connectivity index (χ3v) is 2.57. The van der Waals surface area contributed by atoms with Gasteiger partial charge in [-0.25, -0.2) is 0 Å². The van der Waals surface area contributed by atoms with Crippen LogP contribution in [0.1, 0.15) is 27.2 Å². The number of hydrogen-bond donors (Lipinski definition) is 0. The van der Waals surface area contributed by atoms with Crippen LogP contribution in [0.3, 0.4) is 0 Å². The van der Waals surface area contributed by atoms with E-state index in [0.717, 1.165) is 39.3 Å². The number of ether oxygens (including phenoxy) is 1. The second-order valence-electron chi connectivity index (χ2n) is 4.46. The summed E-state index contributed by atoms with van der Waals surface area (Å²) in [4.78, 5) is 2.46. The van der Waals surface area contributed by atoms with Gasteiger partial charge in [-0.1, -0.05) is 23.3 Å². The zero-order valence-corrected chi connectivity index (χ0v) is 10.3. The Hall–Kier alpha value is -0.600. The number of rotatable bonds is 4. The van der Waals surface area contributed by atoms with Gasteiger partial charge in [-0.05, 0) is 27.2 Å². The summed E-state index contributed by atoms with van der Waals surface area (Å²) in [6.45, 7) is 11.5. The molecule has 0 aliphatic carbocycles. The Morgan fingerprint density at radius 2 is 1.80 bits per heavy atom. The summed E-state index contributed by atoms with van der Waals surface area (Å²) in [5, 5.41) is 0. The number of morpholine rings is 1. The highest BCUT2D eigenvalue weighted by atomic mass is 16.5. The molecule has 15 heavy (non-hydrogen) atoms. The Balaban J connectivity index is 2.27. The fourth-order valence-corrected chi connectivity index (χ4v) is 1.67.